The van der Waals surface area contributed by atoms with Crippen LogP contribution < -0.4 is 0 Å². The molecule has 0 radical (unpaired) electrons. The fourth-order valence-electron chi connectivity index (χ4n) is 1.10. The van der Waals surface area contributed by atoms with Gasteiger partial charge in [-0.15, -0.1) is 0 Å². The molecule has 0 aromatic rings. The van der Waals surface area contributed by atoms with Crippen LogP contribution in [-0.2, 0) is 22.4 Å². The van der Waals surface area contributed by atoms with E-state index in [0.717, 1.165) is 0 Å². The minimum absolute atomic E-state index is 0.508. The maximum atomic E-state index is 10.8. The van der Waals surface area contributed by atoms with Crippen molar-refractivity contribution in [2.24, 2.45) is 0 Å². The van der Waals surface area contributed by atoms with Crippen LogP contribution in [0.25, 0.3) is 0 Å². The first kappa shape index (κ1) is 14.7. The van der Waals surface area contributed by atoms with E-state index in [-0.39, 0.29) is 0 Å². The predicted molar refractivity (Wildman–Crippen MR) is 53.5 cm³/mol. The minimum atomic E-state index is -5.06. The summed E-state index contributed by atoms with van der Waals surface area (Å²) in [6.45, 7) is 9.10. The van der Waals surface area contributed by atoms with Gasteiger partial charge in [-0.3, -0.25) is 0 Å². The molecule has 0 aromatic carbocycles. The van der Waals surface area contributed by atoms with Crippen molar-refractivity contribution in [1.29, 1.82) is 0 Å². The Balaban J connectivity index is 4.39. The molecule has 0 aromatic heterocycles. The quantitative estimate of drug-likeness (QED) is 0.711. The molecule has 5 heteroatoms. The van der Waals surface area contributed by atoms with Gasteiger partial charge in [-0.1, -0.05) is 0 Å². The molecule has 0 fully saturated rings. The summed E-state index contributed by atoms with van der Waals surface area (Å²) in [5, 5.41) is 0. The molecule has 0 heterocycles. The summed E-state index contributed by atoms with van der Waals surface area (Å²) in [4.78, 5) is 0. The molecule has 88 valence electrons. The standard InChI is InChI=1S/C10H17O.2H2O.O.V/c1-5-10(4,11)8-6-7-9(2)3;;;;/h5,7H,1,6,8H2,2-4H3;2*1H2;;/q-1;;;;+3/p-2. The fraction of sp³-hybridized carbons (Fsp3) is 0.600. The molecule has 0 saturated heterocycles. The average Bonchev–Trinajstić information content (AvgIpc) is 2.00. The van der Waals surface area contributed by atoms with Crippen molar-refractivity contribution in [3.8, 4) is 0 Å². The first-order valence-electron chi connectivity index (χ1n) is 4.72. The number of hydrogen-bond acceptors (Lipinski definition) is 2. The molecule has 0 saturated carbocycles. The molecule has 0 bridgehead atoms. The molecule has 2 N–H and O–H groups in total. The van der Waals surface area contributed by atoms with Gasteiger partial charge in [0.2, 0.25) is 0 Å². The predicted octanol–water partition coefficient (Wildman–Crippen LogP) is 1.92. The Morgan fingerprint density at radius 2 is 2.07 bits per heavy atom. The Morgan fingerprint density at radius 1 is 1.53 bits per heavy atom. The molecule has 15 heavy (non-hydrogen) atoms. The number of rotatable bonds is 6. The van der Waals surface area contributed by atoms with Crippen LogP contribution in [0.1, 0.15) is 33.6 Å². The van der Waals surface area contributed by atoms with E-state index >= 15 is 0 Å². The van der Waals surface area contributed by atoms with Crippen molar-refractivity contribution in [1.82, 2.24) is 0 Å². The van der Waals surface area contributed by atoms with Crippen molar-refractivity contribution in [2.45, 2.75) is 39.2 Å². The third-order valence-electron chi connectivity index (χ3n) is 1.95. The second kappa shape index (κ2) is 5.73. The van der Waals surface area contributed by atoms with Crippen LogP contribution >= 0.6 is 0 Å². The van der Waals surface area contributed by atoms with Gasteiger partial charge in [0.25, 0.3) is 0 Å². The molecular weight excluding hydrogens is 235 g/mol. The molecule has 4 nitrogen and oxygen atoms in total. The molecule has 0 spiro atoms. The zero-order chi connectivity index (χ0) is 12.1. The Bertz CT molecular complexity index is 288. The zero-order valence-corrected chi connectivity index (χ0v) is 10.8. The van der Waals surface area contributed by atoms with Crippen LogP contribution in [0.5, 0.6) is 0 Å². The van der Waals surface area contributed by atoms with E-state index in [0.29, 0.717) is 12.8 Å². The molecule has 0 aliphatic rings. The Hall–Kier alpha value is -0.256. The average molecular weight is 254 g/mol. The van der Waals surface area contributed by atoms with Gasteiger partial charge in [-0.2, -0.15) is 0 Å². The Morgan fingerprint density at radius 3 is 2.40 bits per heavy atom. The fourth-order valence-corrected chi connectivity index (χ4v) is 2.21. The van der Waals surface area contributed by atoms with E-state index in [2.05, 4.69) is 6.58 Å². The number of hydrogen-bond donors (Lipinski definition) is 2. The van der Waals surface area contributed by atoms with Gasteiger partial charge in [-0.25, -0.2) is 0 Å². The van der Waals surface area contributed by atoms with Crippen molar-refractivity contribution < 1.29 is 30.4 Å². The van der Waals surface area contributed by atoms with E-state index in [9.17, 15) is 3.67 Å². The third-order valence-corrected chi connectivity index (χ3v) is 2.98. The second-order valence-electron chi connectivity index (χ2n) is 3.92. The summed E-state index contributed by atoms with van der Waals surface area (Å²) < 4.78 is 33.1. The van der Waals surface area contributed by atoms with Crippen molar-refractivity contribution in [3.63, 3.8) is 0 Å². The van der Waals surface area contributed by atoms with Crippen molar-refractivity contribution >= 4 is 0 Å². The maximum absolute atomic E-state index is 10.8. The first-order valence-corrected chi connectivity index (χ1v) is 7.11. The topological polar surface area (TPSA) is 66.8 Å². The normalized spacial score (nSPS) is 15.5. The molecule has 0 aliphatic heterocycles. The van der Waals surface area contributed by atoms with Gasteiger partial charge in [0.05, 0.1) is 0 Å². The van der Waals surface area contributed by atoms with Crippen LogP contribution in [0, 0.1) is 0 Å². The van der Waals surface area contributed by atoms with Crippen molar-refractivity contribution in [3.05, 3.63) is 24.3 Å². The van der Waals surface area contributed by atoms with Crippen LogP contribution in [0.15, 0.2) is 24.3 Å². The summed E-state index contributed by atoms with van der Waals surface area (Å²) in [6, 6.07) is 0. The van der Waals surface area contributed by atoms with E-state index in [1.54, 1.807) is 6.92 Å². The van der Waals surface area contributed by atoms with Gasteiger partial charge in [-0.05, 0) is 0 Å². The Labute approximate surface area is 94.2 Å². The third kappa shape index (κ3) is 7.65. The molecule has 1 unspecified atom stereocenters. The molecule has 1 atom stereocenters. The van der Waals surface area contributed by atoms with Crippen LogP contribution in [-0.4, -0.2) is 13.7 Å². The van der Waals surface area contributed by atoms with Crippen molar-refractivity contribution in [2.75, 3.05) is 0 Å². The second-order valence-corrected chi connectivity index (χ2v) is 5.74. The van der Waals surface area contributed by atoms with Gasteiger partial charge < -0.3 is 0 Å². The number of allylic oxidation sites excluding steroid dienone is 2. The Kier molecular flexibility index (Phi) is 5.63. The van der Waals surface area contributed by atoms with E-state index in [1.165, 1.54) is 11.6 Å². The van der Waals surface area contributed by atoms with Gasteiger partial charge in [0.15, 0.2) is 0 Å². The SMILES string of the molecule is C=CC(C)(CCC=C(C)C)[O][V](=[O])([OH])[OH]. The van der Waals surface area contributed by atoms with Crippen LogP contribution in [0.3, 0.4) is 0 Å². The molecule has 0 rings (SSSR count). The van der Waals surface area contributed by atoms with Gasteiger partial charge >= 0.3 is 93.9 Å². The van der Waals surface area contributed by atoms with Crippen LogP contribution in [0.2, 0.25) is 0 Å². The van der Waals surface area contributed by atoms with E-state index in [1.807, 2.05) is 19.9 Å². The van der Waals surface area contributed by atoms with Gasteiger partial charge in [0.1, 0.15) is 0 Å². The molecular formula is C10H19O4V. The van der Waals surface area contributed by atoms with E-state index < -0.39 is 20.6 Å². The van der Waals surface area contributed by atoms with E-state index in [4.69, 9.17) is 11.7 Å². The summed E-state index contributed by atoms with van der Waals surface area (Å²) in [7, 11) is 0. The summed E-state index contributed by atoms with van der Waals surface area (Å²) in [5.74, 6) is 0. The monoisotopic (exact) mass is 254 g/mol. The summed E-state index contributed by atoms with van der Waals surface area (Å²) >= 11 is -5.06. The summed E-state index contributed by atoms with van der Waals surface area (Å²) in [5.41, 5.74) is 0.215. The van der Waals surface area contributed by atoms with Crippen LogP contribution in [0.4, 0.5) is 0 Å². The summed E-state index contributed by atoms with van der Waals surface area (Å²) in [6.07, 6.45) is 4.65. The molecule has 0 aliphatic carbocycles. The van der Waals surface area contributed by atoms with Gasteiger partial charge in [0, 0.05) is 0 Å². The molecule has 0 amide bonds. The zero-order valence-electron chi connectivity index (χ0n) is 9.43. The first-order chi connectivity index (χ1) is 6.68.